The number of aryl methyl sites for hydroxylation is 2. The lowest BCUT2D eigenvalue weighted by atomic mass is 9.74. The molecule has 7 nitrogen and oxygen atoms in total. The lowest BCUT2D eigenvalue weighted by molar-refractivity contribution is -0.122. The van der Waals surface area contributed by atoms with Crippen LogP contribution in [0.3, 0.4) is 0 Å². The smallest absolute Gasteiger partial charge is 0.245 e. The molecular formula is C32H34N4O3. The van der Waals surface area contributed by atoms with E-state index in [4.69, 9.17) is 9.26 Å². The van der Waals surface area contributed by atoms with Gasteiger partial charge in [0.05, 0.1) is 6.61 Å². The first-order chi connectivity index (χ1) is 18.9. The highest BCUT2D eigenvalue weighted by Gasteiger charge is 2.48. The SMILES string of the molecule is Cc1nc(C2(C(=O)N3CCc4cc5c(cc43)C3(CCN(C)CC3)CO5)C=CC(c3ccccc3C)=CC2)no1. The molecule has 1 fully saturated rings. The van der Waals surface area contributed by atoms with Crippen LogP contribution in [0.15, 0.2) is 59.1 Å². The van der Waals surface area contributed by atoms with Gasteiger partial charge in [0, 0.05) is 30.1 Å². The zero-order valence-electron chi connectivity index (χ0n) is 22.9. The highest BCUT2D eigenvalue weighted by molar-refractivity contribution is 6.05. The van der Waals surface area contributed by atoms with Crippen LogP contribution in [0.1, 0.15) is 53.2 Å². The number of rotatable bonds is 3. The van der Waals surface area contributed by atoms with Crippen LogP contribution in [0.25, 0.3) is 5.57 Å². The minimum absolute atomic E-state index is 0.00493. The zero-order chi connectivity index (χ0) is 26.8. The summed E-state index contributed by atoms with van der Waals surface area (Å²) in [7, 11) is 2.18. The molecule has 0 N–H and O–H groups in total. The number of hydrogen-bond donors (Lipinski definition) is 0. The number of carbonyl (C=O) groups excluding carboxylic acids is 1. The van der Waals surface area contributed by atoms with E-state index in [-0.39, 0.29) is 11.3 Å². The summed E-state index contributed by atoms with van der Waals surface area (Å²) in [6, 6.07) is 12.8. The van der Waals surface area contributed by atoms with Gasteiger partial charge in [-0.2, -0.15) is 4.98 Å². The summed E-state index contributed by atoms with van der Waals surface area (Å²) in [5.41, 5.74) is 5.93. The molecule has 0 bridgehead atoms. The molecule has 1 saturated heterocycles. The summed E-state index contributed by atoms with van der Waals surface area (Å²) < 4.78 is 11.6. The van der Waals surface area contributed by atoms with Crippen molar-refractivity contribution in [3.05, 3.63) is 88.6 Å². The van der Waals surface area contributed by atoms with Gasteiger partial charge in [-0.15, -0.1) is 0 Å². The van der Waals surface area contributed by atoms with Gasteiger partial charge < -0.3 is 19.1 Å². The minimum atomic E-state index is -1.02. The van der Waals surface area contributed by atoms with Gasteiger partial charge in [-0.05, 0) is 87.1 Å². The lowest BCUT2D eigenvalue weighted by Gasteiger charge is -2.37. The van der Waals surface area contributed by atoms with E-state index >= 15 is 0 Å². The molecule has 2 aromatic carbocycles. The summed E-state index contributed by atoms with van der Waals surface area (Å²) in [5.74, 6) is 1.88. The first-order valence-electron chi connectivity index (χ1n) is 14.0. The Morgan fingerprint density at radius 3 is 2.62 bits per heavy atom. The Kier molecular flexibility index (Phi) is 5.56. The number of fused-ring (bicyclic) bond motifs is 3. The third-order valence-corrected chi connectivity index (χ3v) is 9.30. The molecule has 1 spiro atoms. The molecule has 3 aliphatic heterocycles. The maximum atomic E-state index is 14.6. The van der Waals surface area contributed by atoms with Crippen LogP contribution < -0.4 is 9.64 Å². The minimum Gasteiger partial charge on any atom is -0.492 e. The summed E-state index contributed by atoms with van der Waals surface area (Å²) >= 11 is 0. The Labute approximate surface area is 229 Å². The van der Waals surface area contributed by atoms with E-state index in [9.17, 15) is 4.79 Å². The van der Waals surface area contributed by atoms with Gasteiger partial charge in [0.1, 0.15) is 11.2 Å². The number of aromatic nitrogens is 2. The average molecular weight is 523 g/mol. The molecule has 200 valence electrons. The van der Waals surface area contributed by atoms with Crippen molar-refractivity contribution < 1.29 is 14.1 Å². The maximum Gasteiger partial charge on any atom is 0.245 e. The second kappa shape index (κ2) is 8.91. The van der Waals surface area contributed by atoms with E-state index < -0.39 is 5.41 Å². The molecule has 1 aliphatic carbocycles. The van der Waals surface area contributed by atoms with Crippen LogP contribution in [0.4, 0.5) is 5.69 Å². The van der Waals surface area contributed by atoms with Gasteiger partial charge in [-0.25, -0.2) is 0 Å². The molecule has 1 unspecified atom stereocenters. The summed E-state index contributed by atoms with van der Waals surface area (Å²) in [5, 5.41) is 4.27. The fourth-order valence-electron chi connectivity index (χ4n) is 6.79. The molecule has 4 heterocycles. The molecular weight excluding hydrogens is 488 g/mol. The molecule has 39 heavy (non-hydrogen) atoms. The molecule has 3 aromatic rings. The van der Waals surface area contributed by atoms with Crippen molar-refractivity contribution in [1.82, 2.24) is 15.0 Å². The van der Waals surface area contributed by atoms with Gasteiger partial charge in [-0.1, -0.05) is 47.7 Å². The summed E-state index contributed by atoms with van der Waals surface area (Å²) in [6.45, 7) is 7.36. The largest absolute Gasteiger partial charge is 0.492 e. The number of anilines is 1. The molecule has 0 saturated carbocycles. The second-order valence-corrected chi connectivity index (χ2v) is 11.7. The van der Waals surface area contributed by atoms with Crippen molar-refractivity contribution in [3.63, 3.8) is 0 Å². The van der Waals surface area contributed by atoms with Crippen molar-refractivity contribution in [2.45, 2.75) is 50.4 Å². The Hall–Kier alpha value is -3.71. The fourth-order valence-corrected chi connectivity index (χ4v) is 6.79. The fraction of sp³-hybridized carbons (Fsp3) is 0.406. The standard InChI is InChI=1S/C32H34N4O3/c1-21-6-4-5-7-25(21)23-8-11-32(12-9-23,29-33-22(2)39-34-29)30(37)36-15-10-24-18-28-26(19-27(24)36)31(20-38-28)13-16-35(3)17-14-31/h4-9,11,18-19H,10,12-17,20H2,1-3H3. The van der Waals surface area contributed by atoms with Crippen LogP contribution in [-0.2, 0) is 22.0 Å². The van der Waals surface area contributed by atoms with E-state index in [1.165, 1.54) is 22.3 Å². The Bertz CT molecular complexity index is 1530. The number of piperidine rings is 1. The first kappa shape index (κ1) is 24.3. The second-order valence-electron chi connectivity index (χ2n) is 11.7. The monoisotopic (exact) mass is 522 g/mol. The van der Waals surface area contributed by atoms with E-state index in [1.807, 2.05) is 23.1 Å². The predicted octanol–water partition coefficient (Wildman–Crippen LogP) is 4.91. The van der Waals surface area contributed by atoms with E-state index in [1.54, 1.807) is 6.92 Å². The Balaban J connectivity index is 1.26. The van der Waals surface area contributed by atoms with E-state index in [2.05, 4.69) is 65.4 Å². The number of benzene rings is 2. The highest BCUT2D eigenvalue weighted by Crippen LogP contribution is 2.49. The van der Waals surface area contributed by atoms with Gasteiger partial charge in [-0.3, -0.25) is 4.79 Å². The molecule has 0 radical (unpaired) electrons. The van der Waals surface area contributed by atoms with Crippen LogP contribution in [-0.4, -0.2) is 54.2 Å². The lowest BCUT2D eigenvalue weighted by Crippen LogP contribution is -2.46. The third-order valence-electron chi connectivity index (χ3n) is 9.30. The summed E-state index contributed by atoms with van der Waals surface area (Å²) in [6.07, 6.45) is 9.62. The Morgan fingerprint density at radius 2 is 1.90 bits per heavy atom. The van der Waals surface area contributed by atoms with Gasteiger partial charge in [0.2, 0.25) is 11.8 Å². The van der Waals surface area contributed by atoms with E-state index in [0.717, 1.165) is 56.0 Å². The topological polar surface area (TPSA) is 71.7 Å². The zero-order valence-corrected chi connectivity index (χ0v) is 22.9. The molecule has 7 rings (SSSR count). The van der Waals surface area contributed by atoms with E-state index in [0.29, 0.717) is 24.7 Å². The maximum absolute atomic E-state index is 14.6. The van der Waals surface area contributed by atoms with Crippen molar-refractivity contribution in [2.75, 3.05) is 38.2 Å². The quantitative estimate of drug-likeness (QED) is 0.487. The number of allylic oxidation sites excluding steroid dienone is 3. The normalized spacial score (nSPS) is 23.5. The van der Waals surface area contributed by atoms with Crippen LogP contribution in [0, 0.1) is 13.8 Å². The van der Waals surface area contributed by atoms with Crippen molar-refractivity contribution >= 4 is 17.2 Å². The molecule has 1 amide bonds. The van der Waals surface area contributed by atoms with Crippen LogP contribution >= 0.6 is 0 Å². The highest BCUT2D eigenvalue weighted by atomic mass is 16.5. The Morgan fingerprint density at radius 1 is 1.08 bits per heavy atom. The number of carbonyl (C=O) groups is 1. The van der Waals surface area contributed by atoms with Crippen LogP contribution in [0.5, 0.6) is 5.75 Å². The van der Waals surface area contributed by atoms with Crippen molar-refractivity contribution in [3.8, 4) is 5.75 Å². The number of hydrogen-bond acceptors (Lipinski definition) is 6. The van der Waals surface area contributed by atoms with Gasteiger partial charge in [0.25, 0.3) is 0 Å². The number of nitrogens with zero attached hydrogens (tertiary/aromatic N) is 4. The number of likely N-dealkylation sites (tertiary alicyclic amines) is 1. The summed E-state index contributed by atoms with van der Waals surface area (Å²) in [4.78, 5) is 23.5. The molecule has 4 aliphatic rings. The van der Waals surface area contributed by atoms with Crippen LogP contribution in [0.2, 0.25) is 0 Å². The predicted molar refractivity (Wildman–Crippen MR) is 150 cm³/mol. The van der Waals surface area contributed by atoms with Gasteiger partial charge in [0.15, 0.2) is 5.82 Å². The number of ether oxygens (including phenoxy) is 1. The average Bonchev–Trinajstić information content (AvgIpc) is 3.67. The molecule has 7 heteroatoms. The third kappa shape index (κ3) is 3.78. The first-order valence-corrected chi connectivity index (χ1v) is 14.0. The molecule has 1 aromatic heterocycles. The number of amides is 1. The molecule has 1 atom stereocenters. The van der Waals surface area contributed by atoms with Crippen molar-refractivity contribution in [1.29, 1.82) is 0 Å². The van der Waals surface area contributed by atoms with Crippen molar-refractivity contribution in [2.24, 2.45) is 0 Å². The van der Waals surface area contributed by atoms with Gasteiger partial charge >= 0.3 is 0 Å².